The largest absolute Gasteiger partial charge is 0.386 e. The molecule has 1 atom stereocenters. The number of hydrogen-bond acceptors (Lipinski definition) is 3. The van der Waals surface area contributed by atoms with Crippen LogP contribution in [0.25, 0.3) is 0 Å². The van der Waals surface area contributed by atoms with Gasteiger partial charge in [-0.15, -0.1) is 0 Å². The first-order valence-corrected chi connectivity index (χ1v) is 4.33. The highest BCUT2D eigenvalue weighted by Crippen LogP contribution is 2.27. The van der Waals surface area contributed by atoms with Crippen molar-refractivity contribution in [3.63, 3.8) is 0 Å². The Hall–Kier alpha value is -0.260. The molecule has 1 aliphatic heterocycles. The fourth-order valence-electron chi connectivity index (χ4n) is 1.37. The molecule has 1 fully saturated rings. The standard InChI is InChI=1S/C8H15F2NO2/c1-13-5-4-11-3-2-8(9,10)7(12)6-11/h7,12H,2-6H2,1H3. The van der Waals surface area contributed by atoms with Gasteiger partial charge in [0, 0.05) is 33.2 Å². The van der Waals surface area contributed by atoms with Crippen molar-refractivity contribution < 1.29 is 18.6 Å². The first-order valence-electron chi connectivity index (χ1n) is 4.33. The highest BCUT2D eigenvalue weighted by Gasteiger charge is 2.42. The van der Waals surface area contributed by atoms with E-state index in [1.165, 1.54) is 0 Å². The molecule has 1 saturated heterocycles. The molecule has 0 aliphatic carbocycles. The number of hydrogen-bond donors (Lipinski definition) is 1. The van der Waals surface area contributed by atoms with Crippen LogP contribution in [0.4, 0.5) is 8.78 Å². The van der Waals surface area contributed by atoms with Crippen molar-refractivity contribution in [2.45, 2.75) is 18.4 Å². The van der Waals surface area contributed by atoms with E-state index in [9.17, 15) is 8.78 Å². The van der Waals surface area contributed by atoms with E-state index < -0.39 is 12.0 Å². The zero-order valence-electron chi connectivity index (χ0n) is 7.67. The number of nitrogens with zero attached hydrogens (tertiary/aromatic N) is 1. The smallest absolute Gasteiger partial charge is 0.275 e. The van der Waals surface area contributed by atoms with Crippen LogP contribution in [0, 0.1) is 0 Å². The monoisotopic (exact) mass is 195 g/mol. The van der Waals surface area contributed by atoms with Gasteiger partial charge in [0.05, 0.1) is 6.61 Å². The van der Waals surface area contributed by atoms with Crippen LogP contribution in [0.1, 0.15) is 6.42 Å². The number of rotatable bonds is 3. The molecule has 1 unspecified atom stereocenters. The minimum Gasteiger partial charge on any atom is -0.386 e. The molecule has 0 aromatic carbocycles. The summed E-state index contributed by atoms with van der Waals surface area (Å²) in [6.07, 6.45) is -1.80. The van der Waals surface area contributed by atoms with Crippen molar-refractivity contribution in [1.29, 1.82) is 0 Å². The number of halogens is 2. The summed E-state index contributed by atoms with van der Waals surface area (Å²) in [5.74, 6) is -2.91. The number of piperidine rings is 1. The predicted octanol–water partition coefficient (Wildman–Crippen LogP) is 0.335. The van der Waals surface area contributed by atoms with Crippen LogP contribution in [0.5, 0.6) is 0 Å². The zero-order valence-corrected chi connectivity index (χ0v) is 7.67. The number of ether oxygens (including phenoxy) is 1. The van der Waals surface area contributed by atoms with E-state index in [0.29, 0.717) is 19.7 Å². The van der Waals surface area contributed by atoms with Crippen molar-refractivity contribution in [2.24, 2.45) is 0 Å². The molecule has 5 heteroatoms. The first kappa shape index (κ1) is 10.8. The lowest BCUT2D eigenvalue weighted by Gasteiger charge is -2.35. The first-order chi connectivity index (χ1) is 6.06. The van der Waals surface area contributed by atoms with Gasteiger partial charge in [-0.05, 0) is 0 Å². The van der Waals surface area contributed by atoms with Crippen LogP contribution in [0.3, 0.4) is 0 Å². The number of alkyl halides is 2. The summed E-state index contributed by atoms with van der Waals surface area (Å²) in [7, 11) is 1.56. The Bertz CT molecular complexity index is 166. The maximum atomic E-state index is 12.8. The van der Waals surface area contributed by atoms with Gasteiger partial charge in [0.2, 0.25) is 0 Å². The van der Waals surface area contributed by atoms with Crippen molar-refractivity contribution >= 4 is 0 Å². The molecule has 3 nitrogen and oxygen atoms in total. The SMILES string of the molecule is COCCN1CCC(F)(F)C(O)C1. The van der Waals surface area contributed by atoms with Gasteiger partial charge >= 0.3 is 0 Å². The molecule has 0 aromatic heterocycles. The summed E-state index contributed by atoms with van der Waals surface area (Å²) in [6.45, 7) is 1.48. The van der Waals surface area contributed by atoms with E-state index in [0.717, 1.165) is 0 Å². The summed E-state index contributed by atoms with van der Waals surface area (Å²) < 4.78 is 30.4. The van der Waals surface area contributed by atoms with Gasteiger partial charge in [-0.3, -0.25) is 4.90 Å². The molecule has 0 spiro atoms. The Kier molecular flexibility index (Phi) is 3.58. The van der Waals surface area contributed by atoms with E-state index >= 15 is 0 Å². The molecular weight excluding hydrogens is 180 g/mol. The van der Waals surface area contributed by atoms with E-state index in [1.54, 1.807) is 12.0 Å². The molecule has 0 amide bonds. The van der Waals surface area contributed by atoms with Gasteiger partial charge in [-0.25, -0.2) is 8.78 Å². The quantitative estimate of drug-likeness (QED) is 0.704. The third-order valence-corrected chi connectivity index (χ3v) is 2.29. The minimum absolute atomic E-state index is 0.0381. The minimum atomic E-state index is -2.91. The van der Waals surface area contributed by atoms with E-state index in [4.69, 9.17) is 9.84 Å². The molecule has 13 heavy (non-hydrogen) atoms. The van der Waals surface area contributed by atoms with Crippen LogP contribution in [-0.2, 0) is 4.74 Å². The average molecular weight is 195 g/mol. The van der Waals surface area contributed by atoms with Crippen molar-refractivity contribution in [3.8, 4) is 0 Å². The van der Waals surface area contributed by atoms with Gasteiger partial charge in [0.1, 0.15) is 6.10 Å². The zero-order chi connectivity index (χ0) is 9.90. The van der Waals surface area contributed by atoms with Gasteiger partial charge in [0.25, 0.3) is 5.92 Å². The number of likely N-dealkylation sites (tertiary alicyclic amines) is 1. The van der Waals surface area contributed by atoms with Crippen LogP contribution in [0.15, 0.2) is 0 Å². The second kappa shape index (κ2) is 4.30. The normalized spacial score (nSPS) is 29.1. The molecule has 78 valence electrons. The lowest BCUT2D eigenvalue weighted by atomic mass is 10.0. The van der Waals surface area contributed by atoms with Gasteiger partial charge < -0.3 is 9.84 Å². The summed E-state index contributed by atoms with van der Waals surface area (Å²) in [5.41, 5.74) is 0. The van der Waals surface area contributed by atoms with Crippen molar-refractivity contribution in [3.05, 3.63) is 0 Å². The molecule has 1 N–H and O–H groups in total. The average Bonchev–Trinajstić information content (AvgIpc) is 2.07. The Morgan fingerprint density at radius 1 is 1.62 bits per heavy atom. The highest BCUT2D eigenvalue weighted by molar-refractivity contribution is 4.85. The van der Waals surface area contributed by atoms with Crippen molar-refractivity contribution in [2.75, 3.05) is 33.4 Å². The summed E-state index contributed by atoms with van der Waals surface area (Å²) in [6, 6.07) is 0. The molecular formula is C8H15F2NO2. The predicted molar refractivity (Wildman–Crippen MR) is 43.9 cm³/mol. The van der Waals surface area contributed by atoms with E-state index in [-0.39, 0.29) is 13.0 Å². The molecule has 1 aliphatic rings. The Labute approximate surface area is 76.3 Å². The van der Waals surface area contributed by atoms with Crippen LogP contribution in [-0.4, -0.2) is 55.4 Å². The molecule has 0 saturated carbocycles. The molecule has 0 aromatic rings. The lowest BCUT2D eigenvalue weighted by molar-refractivity contribution is -0.148. The number of methoxy groups -OCH3 is 1. The molecule has 1 heterocycles. The van der Waals surface area contributed by atoms with Crippen molar-refractivity contribution in [1.82, 2.24) is 4.90 Å². The summed E-state index contributed by atoms with van der Waals surface area (Å²) in [5, 5.41) is 9.07. The van der Waals surface area contributed by atoms with E-state index in [2.05, 4.69) is 0 Å². The Morgan fingerprint density at radius 2 is 2.31 bits per heavy atom. The Balaban J connectivity index is 2.33. The second-order valence-corrected chi connectivity index (χ2v) is 3.32. The van der Waals surface area contributed by atoms with Gasteiger partial charge in [-0.2, -0.15) is 0 Å². The van der Waals surface area contributed by atoms with Crippen LogP contribution in [0.2, 0.25) is 0 Å². The number of aliphatic hydroxyl groups is 1. The van der Waals surface area contributed by atoms with Gasteiger partial charge in [0.15, 0.2) is 0 Å². The Morgan fingerprint density at radius 3 is 2.85 bits per heavy atom. The molecule has 1 rings (SSSR count). The third-order valence-electron chi connectivity index (χ3n) is 2.29. The summed E-state index contributed by atoms with van der Waals surface area (Å²) in [4.78, 5) is 1.78. The highest BCUT2D eigenvalue weighted by atomic mass is 19.3. The van der Waals surface area contributed by atoms with E-state index in [1.807, 2.05) is 0 Å². The second-order valence-electron chi connectivity index (χ2n) is 3.32. The van der Waals surface area contributed by atoms with Crippen LogP contribution < -0.4 is 0 Å². The number of β-amino-alcohol motifs (C(OH)–C–C–N with tert-alkyl or cyclic N) is 1. The number of aliphatic hydroxyl groups excluding tert-OH is 1. The fraction of sp³-hybridized carbons (Fsp3) is 1.00. The lowest BCUT2D eigenvalue weighted by Crippen LogP contribution is -2.51. The van der Waals surface area contributed by atoms with Crippen LogP contribution >= 0.6 is 0 Å². The topological polar surface area (TPSA) is 32.7 Å². The van der Waals surface area contributed by atoms with Gasteiger partial charge in [-0.1, -0.05) is 0 Å². The fourth-order valence-corrected chi connectivity index (χ4v) is 1.37. The third kappa shape index (κ3) is 2.86. The molecule has 0 bridgehead atoms. The molecule has 0 radical (unpaired) electrons. The summed E-state index contributed by atoms with van der Waals surface area (Å²) >= 11 is 0. The maximum Gasteiger partial charge on any atom is 0.275 e. The maximum absolute atomic E-state index is 12.8.